The Balaban J connectivity index is 3.97. The van der Waals surface area contributed by atoms with E-state index in [-0.39, 0.29) is 5.91 Å². The van der Waals surface area contributed by atoms with Crippen LogP contribution in [0.5, 0.6) is 0 Å². The van der Waals surface area contributed by atoms with E-state index in [4.69, 9.17) is 5.73 Å². The maximum atomic E-state index is 10.4. The number of primary amides is 1. The van der Waals surface area contributed by atoms with Gasteiger partial charge in [0.1, 0.15) is 0 Å². The van der Waals surface area contributed by atoms with Gasteiger partial charge in [-0.1, -0.05) is 26.8 Å². The summed E-state index contributed by atoms with van der Waals surface area (Å²) in [4.78, 5) is 10.4. The second kappa shape index (κ2) is 4.94. The molecule has 0 aliphatic heterocycles. The van der Waals surface area contributed by atoms with Crippen LogP contribution in [-0.4, -0.2) is 5.91 Å². The number of amides is 1. The van der Waals surface area contributed by atoms with E-state index in [1.54, 1.807) is 0 Å². The van der Waals surface area contributed by atoms with Crippen LogP contribution in [0.4, 0.5) is 0 Å². The fraction of sp³-hybridized carbons (Fsp3) is 0.667. The van der Waals surface area contributed by atoms with E-state index >= 15 is 0 Å². The lowest BCUT2D eigenvalue weighted by Crippen LogP contribution is -2.09. The minimum atomic E-state index is -0.357. The van der Waals surface area contributed by atoms with Crippen molar-refractivity contribution in [1.82, 2.24) is 0 Å². The highest BCUT2D eigenvalue weighted by atomic mass is 16.1. The first-order chi connectivity index (χ1) is 5.07. The lowest BCUT2D eigenvalue weighted by Gasteiger charge is -2.13. The summed E-state index contributed by atoms with van der Waals surface area (Å²) in [5.74, 6) is 0.696. The highest BCUT2D eigenvalue weighted by molar-refractivity contribution is 5.85. The fourth-order valence-corrected chi connectivity index (χ4v) is 1.05. The smallest absolute Gasteiger partial charge is 0.241 e. The third kappa shape index (κ3) is 4.59. The quantitative estimate of drug-likeness (QED) is 0.617. The molecule has 1 unspecified atom stereocenters. The zero-order valence-corrected chi connectivity index (χ0v) is 7.50. The minimum absolute atomic E-state index is 0.357. The lowest BCUT2D eigenvalue weighted by molar-refractivity contribution is -0.113. The molecular formula is C9H17NO. The van der Waals surface area contributed by atoms with Crippen LogP contribution in [0.25, 0.3) is 0 Å². The molecule has 2 heteroatoms. The maximum absolute atomic E-state index is 10.4. The van der Waals surface area contributed by atoms with Gasteiger partial charge in [-0.15, -0.1) is 0 Å². The van der Waals surface area contributed by atoms with Gasteiger partial charge in [-0.05, 0) is 24.3 Å². The van der Waals surface area contributed by atoms with Crippen molar-refractivity contribution < 1.29 is 4.79 Å². The van der Waals surface area contributed by atoms with Gasteiger partial charge in [0.25, 0.3) is 0 Å². The van der Waals surface area contributed by atoms with Crippen LogP contribution in [0, 0.1) is 11.8 Å². The standard InChI is InChI=1S/C9H17NO/c1-4-8(7(2)3)5-6-9(10)11/h5-8H,4H2,1-3H3,(H2,10,11). The van der Waals surface area contributed by atoms with Crippen molar-refractivity contribution in [2.45, 2.75) is 27.2 Å². The summed E-state index contributed by atoms with van der Waals surface area (Å²) in [6.45, 7) is 6.38. The van der Waals surface area contributed by atoms with Gasteiger partial charge in [-0.25, -0.2) is 0 Å². The number of nitrogens with two attached hydrogens (primary N) is 1. The van der Waals surface area contributed by atoms with Crippen molar-refractivity contribution in [3.63, 3.8) is 0 Å². The summed E-state index contributed by atoms with van der Waals surface area (Å²) < 4.78 is 0. The number of allylic oxidation sites excluding steroid dienone is 1. The Hall–Kier alpha value is -0.790. The number of hydrogen-bond acceptors (Lipinski definition) is 1. The van der Waals surface area contributed by atoms with Gasteiger partial charge in [-0.2, -0.15) is 0 Å². The molecule has 0 radical (unpaired) electrons. The summed E-state index contributed by atoms with van der Waals surface area (Å²) in [6.07, 6.45) is 4.41. The number of carbonyl (C=O) groups excluding carboxylic acids is 1. The van der Waals surface area contributed by atoms with Gasteiger partial charge >= 0.3 is 0 Å². The molecule has 0 aromatic heterocycles. The number of hydrogen-bond donors (Lipinski definition) is 1. The second-order valence-electron chi connectivity index (χ2n) is 3.08. The van der Waals surface area contributed by atoms with Gasteiger partial charge in [0, 0.05) is 0 Å². The van der Waals surface area contributed by atoms with Gasteiger partial charge in [0.2, 0.25) is 5.91 Å². The minimum Gasteiger partial charge on any atom is -0.366 e. The second-order valence-corrected chi connectivity index (χ2v) is 3.08. The molecule has 0 saturated carbocycles. The predicted octanol–water partition coefficient (Wildman–Crippen LogP) is 1.71. The molecule has 0 saturated heterocycles. The molecule has 0 bridgehead atoms. The third-order valence-electron chi connectivity index (χ3n) is 1.84. The molecule has 0 aromatic carbocycles. The molecule has 2 nitrogen and oxygen atoms in total. The van der Waals surface area contributed by atoms with Crippen LogP contribution in [0.3, 0.4) is 0 Å². The van der Waals surface area contributed by atoms with Gasteiger partial charge in [0.05, 0.1) is 0 Å². The first-order valence-electron chi connectivity index (χ1n) is 4.05. The molecule has 0 spiro atoms. The molecule has 0 aliphatic rings. The molecule has 0 aromatic rings. The first-order valence-corrected chi connectivity index (χ1v) is 4.05. The highest BCUT2D eigenvalue weighted by Gasteiger charge is 2.06. The Labute approximate surface area is 68.5 Å². The molecule has 1 atom stereocenters. The van der Waals surface area contributed by atoms with Crippen LogP contribution in [0.1, 0.15) is 27.2 Å². The molecule has 0 rings (SSSR count). The van der Waals surface area contributed by atoms with E-state index < -0.39 is 0 Å². The predicted molar refractivity (Wildman–Crippen MR) is 47.0 cm³/mol. The van der Waals surface area contributed by atoms with Crippen molar-refractivity contribution in [1.29, 1.82) is 0 Å². The van der Waals surface area contributed by atoms with Crippen molar-refractivity contribution in [2.75, 3.05) is 0 Å². The topological polar surface area (TPSA) is 43.1 Å². The summed E-state index contributed by atoms with van der Waals surface area (Å²) in [5.41, 5.74) is 4.97. The van der Waals surface area contributed by atoms with Crippen LogP contribution < -0.4 is 5.73 Å². The van der Waals surface area contributed by atoms with E-state index in [1.165, 1.54) is 6.08 Å². The molecule has 0 aliphatic carbocycles. The summed E-state index contributed by atoms with van der Waals surface area (Å²) in [5, 5.41) is 0. The molecule has 0 fully saturated rings. The van der Waals surface area contributed by atoms with Crippen molar-refractivity contribution in [2.24, 2.45) is 17.6 Å². The molecule has 1 amide bonds. The van der Waals surface area contributed by atoms with Gasteiger partial charge < -0.3 is 5.73 Å². The van der Waals surface area contributed by atoms with Crippen LogP contribution >= 0.6 is 0 Å². The Morgan fingerprint density at radius 2 is 2.09 bits per heavy atom. The molecular weight excluding hydrogens is 138 g/mol. The average Bonchev–Trinajstić information content (AvgIpc) is 1.87. The van der Waals surface area contributed by atoms with E-state index in [9.17, 15) is 4.79 Å². The zero-order chi connectivity index (χ0) is 8.85. The summed E-state index contributed by atoms with van der Waals surface area (Å²) >= 11 is 0. The maximum Gasteiger partial charge on any atom is 0.241 e. The highest BCUT2D eigenvalue weighted by Crippen LogP contribution is 2.15. The normalized spacial score (nSPS) is 14.2. The van der Waals surface area contributed by atoms with E-state index in [0.29, 0.717) is 11.8 Å². The summed E-state index contributed by atoms with van der Waals surface area (Å²) in [6, 6.07) is 0. The van der Waals surface area contributed by atoms with E-state index in [1.807, 2.05) is 6.08 Å². The fourth-order valence-electron chi connectivity index (χ4n) is 1.05. The van der Waals surface area contributed by atoms with Gasteiger partial charge in [-0.3, -0.25) is 4.79 Å². The first kappa shape index (κ1) is 10.2. The zero-order valence-electron chi connectivity index (χ0n) is 7.50. The number of rotatable bonds is 4. The van der Waals surface area contributed by atoms with Crippen LogP contribution in [0.15, 0.2) is 12.2 Å². The average molecular weight is 155 g/mol. The Morgan fingerprint density at radius 3 is 2.36 bits per heavy atom. The largest absolute Gasteiger partial charge is 0.366 e. The van der Waals surface area contributed by atoms with E-state index in [0.717, 1.165) is 6.42 Å². The van der Waals surface area contributed by atoms with Crippen molar-refractivity contribution in [3.8, 4) is 0 Å². The number of carbonyl (C=O) groups is 1. The van der Waals surface area contributed by atoms with Crippen molar-refractivity contribution >= 4 is 5.91 Å². The van der Waals surface area contributed by atoms with Crippen LogP contribution in [-0.2, 0) is 4.79 Å². The SMILES string of the molecule is CCC(C=CC(N)=O)C(C)C. The molecule has 2 N–H and O–H groups in total. The Kier molecular flexibility index (Phi) is 4.59. The Morgan fingerprint density at radius 1 is 1.55 bits per heavy atom. The van der Waals surface area contributed by atoms with Crippen LogP contribution in [0.2, 0.25) is 0 Å². The third-order valence-corrected chi connectivity index (χ3v) is 1.84. The van der Waals surface area contributed by atoms with Gasteiger partial charge in [0.15, 0.2) is 0 Å². The lowest BCUT2D eigenvalue weighted by atomic mass is 9.93. The Bertz CT molecular complexity index is 150. The molecule has 11 heavy (non-hydrogen) atoms. The monoisotopic (exact) mass is 155 g/mol. The summed E-state index contributed by atoms with van der Waals surface area (Å²) in [7, 11) is 0. The van der Waals surface area contributed by atoms with Crippen molar-refractivity contribution in [3.05, 3.63) is 12.2 Å². The molecule has 64 valence electrons. The molecule has 0 heterocycles. The van der Waals surface area contributed by atoms with E-state index in [2.05, 4.69) is 20.8 Å².